The van der Waals surface area contributed by atoms with Crippen LogP contribution < -0.4 is 4.74 Å². The quantitative estimate of drug-likeness (QED) is 0.641. The molecule has 2 rings (SSSR count). The van der Waals surface area contributed by atoms with Crippen molar-refractivity contribution in [2.24, 2.45) is 0 Å². The number of esters is 1. The van der Waals surface area contributed by atoms with Gasteiger partial charge >= 0.3 is 5.97 Å². The molecule has 0 fully saturated rings. The highest BCUT2D eigenvalue weighted by molar-refractivity contribution is 5.87. The molecule has 0 saturated carbocycles. The molecule has 6 heteroatoms. The van der Waals surface area contributed by atoms with Crippen molar-refractivity contribution in [3.63, 3.8) is 0 Å². The van der Waals surface area contributed by atoms with Crippen molar-refractivity contribution in [1.82, 2.24) is 9.97 Å². The maximum atomic E-state index is 11.3. The van der Waals surface area contributed by atoms with Gasteiger partial charge in [0.15, 0.2) is 11.5 Å². The number of carbonyl (C=O) groups is 1. The topological polar surface area (TPSA) is 81.5 Å². The maximum absolute atomic E-state index is 11.3. The van der Waals surface area contributed by atoms with Crippen LogP contribution in [-0.4, -0.2) is 27.7 Å². The highest BCUT2D eigenvalue weighted by atomic mass is 16.5. The summed E-state index contributed by atoms with van der Waals surface area (Å²) in [6.07, 6.45) is 2.88. The molecule has 0 aliphatic carbocycles. The monoisotopic (exact) mass is 342 g/mol. The van der Waals surface area contributed by atoms with E-state index in [0.29, 0.717) is 17.9 Å². The van der Waals surface area contributed by atoms with Crippen LogP contribution in [0.4, 0.5) is 0 Å². The Hall–Kier alpha value is -2.89. The molecule has 1 aromatic carbocycles. The number of phenols is 1. The highest BCUT2D eigenvalue weighted by Gasteiger charge is 2.09. The molecule has 0 atom stereocenters. The number of aromatic hydroxyl groups is 1. The number of nitrogens with zero attached hydrogens (tertiary/aromatic N) is 2. The maximum Gasteiger partial charge on any atom is 0.330 e. The first-order chi connectivity index (χ1) is 11.9. The largest absolute Gasteiger partial charge is 0.504 e. The Labute approximate surface area is 147 Å². The number of hydrogen-bond donors (Lipinski definition) is 1. The first-order valence-corrected chi connectivity index (χ1v) is 8.02. The summed E-state index contributed by atoms with van der Waals surface area (Å²) in [5, 5.41) is 10.1. The van der Waals surface area contributed by atoms with Gasteiger partial charge in [0.05, 0.1) is 29.4 Å². The molecule has 0 unspecified atom stereocenters. The Morgan fingerprint density at radius 1 is 1.16 bits per heavy atom. The van der Waals surface area contributed by atoms with Crippen molar-refractivity contribution in [3.8, 4) is 11.5 Å². The number of hydrogen-bond acceptors (Lipinski definition) is 6. The van der Waals surface area contributed by atoms with E-state index in [1.165, 1.54) is 12.1 Å². The summed E-state index contributed by atoms with van der Waals surface area (Å²) in [5.74, 6) is -0.0979. The highest BCUT2D eigenvalue weighted by Crippen LogP contribution is 2.28. The van der Waals surface area contributed by atoms with Gasteiger partial charge in [-0.1, -0.05) is 6.07 Å². The van der Waals surface area contributed by atoms with E-state index in [0.717, 1.165) is 22.8 Å². The summed E-state index contributed by atoms with van der Waals surface area (Å²) >= 11 is 0. The van der Waals surface area contributed by atoms with Gasteiger partial charge in [-0.3, -0.25) is 9.97 Å². The molecule has 0 saturated heterocycles. The van der Waals surface area contributed by atoms with Crippen LogP contribution in [0.1, 0.15) is 35.3 Å². The Morgan fingerprint density at radius 2 is 1.88 bits per heavy atom. The first-order valence-electron chi connectivity index (χ1n) is 8.02. The molecule has 0 aliphatic heterocycles. The van der Waals surface area contributed by atoms with Crippen LogP contribution in [0.5, 0.6) is 11.5 Å². The number of ether oxygens (including phenoxy) is 2. The molecule has 0 aliphatic rings. The summed E-state index contributed by atoms with van der Waals surface area (Å²) in [5.41, 5.74) is 3.94. The molecule has 0 spiro atoms. The van der Waals surface area contributed by atoms with Crippen LogP contribution in [0.3, 0.4) is 0 Å². The van der Waals surface area contributed by atoms with Crippen LogP contribution in [0.25, 0.3) is 6.08 Å². The van der Waals surface area contributed by atoms with Gasteiger partial charge in [-0.2, -0.15) is 0 Å². The fraction of sp³-hybridized carbons (Fsp3) is 0.316. The Bertz CT molecular complexity index is 800. The molecule has 0 bridgehead atoms. The van der Waals surface area contributed by atoms with Gasteiger partial charge in [0.1, 0.15) is 6.61 Å². The van der Waals surface area contributed by atoms with E-state index >= 15 is 0 Å². The molecule has 1 heterocycles. The zero-order valence-electron chi connectivity index (χ0n) is 14.9. The second kappa shape index (κ2) is 8.28. The van der Waals surface area contributed by atoms with E-state index in [9.17, 15) is 9.90 Å². The molecule has 2 aromatic rings. The molecule has 1 N–H and O–H groups in total. The molecule has 25 heavy (non-hydrogen) atoms. The van der Waals surface area contributed by atoms with Crippen LogP contribution >= 0.6 is 0 Å². The van der Waals surface area contributed by atoms with Crippen molar-refractivity contribution >= 4 is 12.0 Å². The van der Waals surface area contributed by atoms with E-state index < -0.39 is 5.97 Å². The summed E-state index contributed by atoms with van der Waals surface area (Å²) in [6, 6.07) is 4.90. The van der Waals surface area contributed by atoms with Gasteiger partial charge in [-0.15, -0.1) is 0 Å². The van der Waals surface area contributed by atoms with E-state index in [4.69, 9.17) is 9.47 Å². The lowest BCUT2D eigenvalue weighted by molar-refractivity contribution is -0.137. The summed E-state index contributed by atoms with van der Waals surface area (Å²) in [6.45, 7) is 7.96. The average Bonchev–Trinajstić information content (AvgIpc) is 2.56. The molecule has 0 amide bonds. The second-order valence-electron chi connectivity index (χ2n) is 5.53. The first kappa shape index (κ1) is 18.4. The fourth-order valence-corrected chi connectivity index (χ4v) is 2.16. The Morgan fingerprint density at radius 3 is 2.56 bits per heavy atom. The van der Waals surface area contributed by atoms with Gasteiger partial charge in [0.2, 0.25) is 0 Å². The number of aryl methyl sites for hydroxylation is 3. The minimum atomic E-state index is -0.425. The molecular weight excluding hydrogens is 320 g/mol. The third kappa shape index (κ3) is 5.04. The van der Waals surface area contributed by atoms with E-state index in [1.807, 2.05) is 20.8 Å². The number of benzene rings is 1. The zero-order chi connectivity index (χ0) is 18.4. The van der Waals surface area contributed by atoms with Gasteiger partial charge in [-0.25, -0.2) is 4.79 Å². The normalized spacial score (nSPS) is 10.9. The van der Waals surface area contributed by atoms with Gasteiger partial charge in [-0.05, 0) is 51.5 Å². The van der Waals surface area contributed by atoms with Crippen molar-refractivity contribution < 1.29 is 19.4 Å². The molecule has 6 nitrogen and oxygen atoms in total. The third-order valence-corrected chi connectivity index (χ3v) is 3.63. The van der Waals surface area contributed by atoms with Crippen molar-refractivity contribution in [1.29, 1.82) is 0 Å². The lowest BCUT2D eigenvalue weighted by Crippen LogP contribution is -2.06. The van der Waals surface area contributed by atoms with Crippen LogP contribution in [-0.2, 0) is 16.1 Å². The van der Waals surface area contributed by atoms with Crippen molar-refractivity contribution in [2.75, 3.05) is 6.61 Å². The van der Waals surface area contributed by atoms with Gasteiger partial charge in [0.25, 0.3) is 0 Å². The Kier molecular flexibility index (Phi) is 6.11. The molecular formula is C19H22N2O4. The van der Waals surface area contributed by atoms with Crippen molar-refractivity contribution in [2.45, 2.75) is 34.3 Å². The lowest BCUT2D eigenvalue weighted by Gasteiger charge is -2.11. The molecule has 0 radical (unpaired) electrons. The SMILES string of the molecule is CCOC(=O)/C=C/c1ccc(OCc2nc(C)c(C)nc2C)c(O)c1. The smallest absolute Gasteiger partial charge is 0.330 e. The van der Waals surface area contributed by atoms with Crippen molar-refractivity contribution in [3.05, 3.63) is 52.6 Å². The average molecular weight is 342 g/mol. The fourth-order valence-electron chi connectivity index (χ4n) is 2.16. The Balaban J connectivity index is 2.06. The number of carbonyl (C=O) groups excluding carboxylic acids is 1. The number of rotatable bonds is 6. The summed E-state index contributed by atoms with van der Waals surface area (Å²) in [7, 11) is 0. The van der Waals surface area contributed by atoms with Gasteiger partial charge in [0, 0.05) is 6.08 Å². The van der Waals surface area contributed by atoms with Crippen LogP contribution in [0.2, 0.25) is 0 Å². The summed E-state index contributed by atoms with van der Waals surface area (Å²) in [4.78, 5) is 20.2. The predicted octanol–water partition coefficient (Wildman–Crippen LogP) is 3.26. The van der Waals surface area contributed by atoms with E-state index in [2.05, 4.69) is 9.97 Å². The standard InChI is InChI=1S/C19H22N2O4/c1-5-24-19(23)9-7-15-6-8-18(17(22)10-15)25-11-16-14(4)20-12(2)13(3)21-16/h6-10,22H,5,11H2,1-4H3/b9-7+. The van der Waals surface area contributed by atoms with Crippen LogP contribution in [0, 0.1) is 20.8 Å². The number of phenolic OH excluding ortho intramolecular Hbond substituents is 1. The number of aromatic nitrogens is 2. The van der Waals surface area contributed by atoms with E-state index in [-0.39, 0.29) is 12.4 Å². The third-order valence-electron chi connectivity index (χ3n) is 3.63. The van der Waals surface area contributed by atoms with E-state index in [1.54, 1.807) is 25.1 Å². The minimum absolute atomic E-state index is 0.0135. The predicted molar refractivity (Wildman–Crippen MR) is 94.3 cm³/mol. The summed E-state index contributed by atoms with van der Waals surface area (Å²) < 4.78 is 10.5. The minimum Gasteiger partial charge on any atom is -0.504 e. The molecule has 1 aromatic heterocycles. The second-order valence-corrected chi connectivity index (χ2v) is 5.53. The lowest BCUT2D eigenvalue weighted by atomic mass is 10.2. The van der Waals surface area contributed by atoms with Gasteiger partial charge < -0.3 is 14.6 Å². The molecule has 132 valence electrons. The zero-order valence-corrected chi connectivity index (χ0v) is 14.9. The van der Waals surface area contributed by atoms with Crippen LogP contribution in [0.15, 0.2) is 24.3 Å².